The van der Waals surface area contributed by atoms with Gasteiger partial charge in [-0.3, -0.25) is 0 Å². The zero-order valence-corrected chi connectivity index (χ0v) is 18.7. The van der Waals surface area contributed by atoms with E-state index in [0.29, 0.717) is 0 Å². The second-order valence-corrected chi connectivity index (χ2v) is 9.09. The number of ether oxygens (including phenoxy) is 3. The highest BCUT2D eigenvalue weighted by Gasteiger charge is 2.73. The van der Waals surface area contributed by atoms with Crippen molar-refractivity contribution in [1.82, 2.24) is 0 Å². The highest BCUT2D eigenvalue weighted by Crippen LogP contribution is 2.46. The Balaban J connectivity index is 1.88. The van der Waals surface area contributed by atoms with Crippen molar-refractivity contribution in [3.63, 3.8) is 0 Å². The predicted octanol–water partition coefficient (Wildman–Crippen LogP) is 6.64. The van der Waals surface area contributed by atoms with E-state index in [4.69, 9.17) is 4.74 Å². The summed E-state index contributed by atoms with van der Waals surface area (Å²) >= 11 is 0. The van der Waals surface area contributed by atoms with E-state index in [0.717, 1.165) is 21.8 Å². The van der Waals surface area contributed by atoms with Gasteiger partial charge >= 0.3 is 12.4 Å². The fourth-order valence-corrected chi connectivity index (χ4v) is 5.15. The van der Waals surface area contributed by atoms with Crippen LogP contribution in [0.5, 0.6) is 5.75 Å². The molecule has 0 saturated carbocycles. The standard InChI is InChI=1S/C24H21F6O3S/c1-31-17-33-22(23(25,26)27,24(28,29)30)16-32-18-12-14-21(15-13-18)34(19-8-4-2-5-9-19)20-10-6-3-7-11-20/h2-15H,16-17H2,1H3/q+1. The first-order chi connectivity index (χ1) is 16.1. The maximum Gasteiger partial charge on any atom is 0.430 e. The minimum Gasteiger partial charge on any atom is -0.490 e. The lowest BCUT2D eigenvalue weighted by Gasteiger charge is -2.36. The molecule has 0 heterocycles. The number of methoxy groups -OCH3 is 1. The van der Waals surface area contributed by atoms with Gasteiger partial charge in [-0.25, -0.2) is 0 Å². The van der Waals surface area contributed by atoms with Gasteiger partial charge in [0.05, 0.1) is 10.9 Å². The van der Waals surface area contributed by atoms with Crippen LogP contribution in [0.15, 0.2) is 99.6 Å². The van der Waals surface area contributed by atoms with Crippen LogP contribution >= 0.6 is 0 Å². The lowest BCUT2D eigenvalue weighted by atomic mass is 10.0. The summed E-state index contributed by atoms with van der Waals surface area (Å²) in [5.41, 5.74) is -4.53. The quantitative estimate of drug-likeness (QED) is 0.186. The van der Waals surface area contributed by atoms with Crippen LogP contribution in [0.4, 0.5) is 26.3 Å². The molecule has 0 aliphatic carbocycles. The van der Waals surface area contributed by atoms with E-state index in [1.54, 1.807) is 12.1 Å². The van der Waals surface area contributed by atoms with Crippen molar-refractivity contribution in [2.45, 2.75) is 32.6 Å². The molecule has 0 aliphatic heterocycles. The summed E-state index contributed by atoms with van der Waals surface area (Å²) < 4.78 is 94.1. The van der Waals surface area contributed by atoms with Gasteiger partial charge in [0.2, 0.25) is 0 Å². The van der Waals surface area contributed by atoms with E-state index < -0.39 is 42.2 Å². The van der Waals surface area contributed by atoms with Gasteiger partial charge in [-0.2, -0.15) is 26.3 Å². The van der Waals surface area contributed by atoms with Gasteiger partial charge in [-0.15, -0.1) is 0 Å². The van der Waals surface area contributed by atoms with Gasteiger partial charge in [-0.05, 0) is 48.5 Å². The Kier molecular flexibility index (Phi) is 8.17. The Labute approximate surface area is 195 Å². The Morgan fingerprint density at radius 3 is 1.50 bits per heavy atom. The van der Waals surface area contributed by atoms with Crippen LogP contribution in [0.2, 0.25) is 0 Å². The summed E-state index contributed by atoms with van der Waals surface area (Å²) in [5, 5.41) is 0. The first-order valence-electron chi connectivity index (χ1n) is 9.93. The molecular weight excluding hydrogens is 482 g/mol. The highest BCUT2D eigenvalue weighted by molar-refractivity contribution is 7.97. The number of benzene rings is 3. The third-order valence-corrected chi connectivity index (χ3v) is 7.03. The maximum atomic E-state index is 13.5. The predicted molar refractivity (Wildman–Crippen MR) is 115 cm³/mol. The number of halogens is 6. The zero-order valence-electron chi connectivity index (χ0n) is 17.9. The highest BCUT2D eigenvalue weighted by atomic mass is 32.2. The van der Waals surface area contributed by atoms with Crippen LogP contribution in [-0.2, 0) is 20.4 Å². The molecule has 0 aromatic heterocycles. The third-order valence-electron chi connectivity index (χ3n) is 4.80. The van der Waals surface area contributed by atoms with Crippen molar-refractivity contribution in [2.75, 3.05) is 20.5 Å². The van der Waals surface area contributed by atoms with Crippen LogP contribution in [0.3, 0.4) is 0 Å². The van der Waals surface area contributed by atoms with Crippen molar-refractivity contribution in [2.24, 2.45) is 0 Å². The van der Waals surface area contributed by atoms with Crippen LogP contribution < -0.4 is 4.74 Å². The molecule has 0 aliphatic rings. The van der Waals surface area contributed by atoms with E-state index in [1.807, 2.05) is 60.7 Å². The van der Waals surface area contributed by atoms with Crippen molar-refractivity contribution in [3.05, 3.63) is 84.9 Å². The molecule has 182 valence electrons. The Bertz CT molecular complexity index is 971. The smallest absolute Gasteiger partial charge is 0.430 e. The second-order valence-electron chi connectivity index (χ2n) is 7.07. The first kappa shape index (κ1) is 25.9. The zero-order chi connectivity index (χ0) is 24.8. The SMILES string of the molecule is COCOC(COc1ccc([S+](c2ccccc2)c2ccccc2)cc1)(C(F)(F)F)C(F)(F)F. The van der Waals surface area contributed by atoms with Crippen LogP contribution in [0, 0.1) is 0 Å². The van der Waals surface area contributed by atoms with Gasteiger partial charge in [-0.1, -0.05) is 36.4 Å². The molecular formula is C24H21F6O3S+. The van der Waals surface area contributed by atoms with Crippen LogP contribution in [0.1, 0.15) is 0 Å². The Morgan fingerprint density at radius 2 is 1.09 bits per heavy atom. The van der Waals surface area contributed by atoms with E-state index in [1.165, 1.54) is 12.1 Å². The summed E-state index contributed by atoms with van der Waals surface area (Å²) in [6.07, 6.45) is -11.6. The van der Waals surface area contributed by atoms with Crippen molar-refractivity contribution in [1.29, 1.82) is 0 Å². The lowest BCUT2D eigenvalue weighted by Crippen LogP contribution is -2.62. The monoisotopic (exact) mass is 503 g/mol. The largest absolute Gasteiger partial charge is 0.490 e. The van der Waals surface area contributed by atoms with E-state index >= 15 is 0 Å². The van der Waals surface area contributed by atoms with Crippen LogP contribution in [-0.4, -0.2) is 38.5 Å². The van der Waals surface area contributed by atoms with E-state index in [2.05, 4.69) is 9.47 Å². The van der Waals surface area contributed by atoms with E-state index in [-0.39, 0.29) is 5.75 Å². The molecule has 0 fully saturated rings. The van der Waals surface area contributed by atoms with Gasteiger partial charge in [0, 0.05) is 7.11 Å². The number of hydrogen-bond acceptors (Lipinski definition) is 3. The molecule has 0 unspecified atom stereocenters. The molecule has 3 rings (SSSR count). The minimum absolute atomic E-state index is 0.160. The van der Waals surface area contributed by atoms with Crippen LogP contribution in [0.25, 0.3) is 0 Å². The average molecular weight is 503 g/mol. The second kappa shape index (κ2) is 10.7. The van der Waals surface area contributed by atoms with Gasteiger partial charge in [0.25, 0.3) is 5.60 Å². The van der Waals surface area contributed by atoms with Gasteiger partial charge < -0.3 is 14.2 Å². The molecule has 3 nitrogen and oxygen atoms in total. The van der Waals surface area contributed by atoms with Gasteiger partial charge in [0.1, 0.15) is 19.1 Å². The Morgan fingerprint density at radius 1 is 0.647 bits per heavy atom. The normalized spacial score (nSPS) is 12.7. The molecule has 0 saturated heterocycles. The first-order valence-corrected chi connectivity index (χ1v) is 11.1. The average Bonchev–Trinajstić information content (AvgIpc) is 2.80. The summed E-state index contributed by atoms with van der Waals surface area (Å²) in [5.74, 6) is -0.160. The lowest BCUT2D eigenvalue weighted by molar-refractivity contribution is -0.397. The molecule has 34 heavy (non-hydrogen) atoms. The van der Waals surface area contributed by atoms with Crippen molar-refractivity contribution < 1.29 is 40.6 Å². The minimum atomic E-state index is -5.78. The van der Waals surface area contributed by atoms with Crippen molar-refractivity contribution >= 4 is 10.9 Å². The molecule has 0 spiro atoms. The van der Waals surface area contributed by atoms with E-state index in [9.17, 15) is 26.3 Å². The molecule has 0 amide bonds. The van der Waals surface area contributed by atoms with Crippen molar-refractivity contribution in [3.8, 4) is 5.75 Å². The molecule has 3 aromatic carbocycles. The fourth-order valence-electron chi connectivity index (χ4n) is 3.07. The summed E-state index contributed by atoms with van der Waals surface area (Å²) in [6.45, 7) is -3.02. The summed E-state index contributed by atoms with van der Waals surface area (Å²) in [7, 11) is 0.391. The number of rotatable bonds is 9. The Hall–Kier alpha value is -2.69. The topological polar surface area (TPSA) is 27.7 Å². The number of hydrogen-bond donors (Lipinski definition) is 0. The molecule has 3 aromatic rings. The summed E-state index contributed by atoms with van der Waals surface area (Å²) in [4.78, 5) is 2.82. The number of alkyl halides is 6. The molecule has 0 atom stereocenters. The molecule has 10 heteroatoms. The third kappa shape index (κ3) is 5.68. The summed E-state index contributed by atoms with van der Waals surface area (Å²) in [6, 6.07) is 25.1. The molecule has 0 radical (unpaired) electrons. The fraction of sp³-hybridized carbons (Fsp3) is 0.250. The molecule has 0 N–H and O–H groups in total. The van der Waals surface area contributed by atoms with Gasteiger partial charge in [0.15, 0.2) is 14.7 Å². The maximum absolute atomic E-state index is 13.5. The molecule has 0 bridgehead atoms.